The second-order valence-electron chi connectivity index (χ2n) is 4.78. The molecule has 7 heteroatoms. The molecule has 0 saturated heterocycles. The molecule has 2 aromatic carbocycles. The van der Waals surface area contributed by atoms with Gasteiger partial charge in [-0.05, 0) is 58.8 Å². The van der Waals surface area contributed by atoms with Crippen molar-refractivity contribution in [3.8, 4) is 0 Å². The van der Waals surface area contributed by atoms with E-state index < -0.39 is 0 Å². The van der Waals surface area contributed by atoms with E-state index in [9.17, 15) is 0 Å². The second kappa shape index (κ2) is 4.49. The van der Waals surface area contributed by atoms with E-state index in [1.807, 2.05) is 18.2 Å². The van der Waals surface area contributed by atoms with Crippen molar-refractivity contribution in [2.75, 3.05) is 5.73 Å². The summed E-state index contributed by atoms with van der Waals surface area (Å²) in [7, 11) is 0. The van der Waals surface area contributed by atoms with Crippen molar-refractivity contribution in [1.29, 1.82) is 0 Å². The van der Waals surface area contributed by atoms with Gasteiger partial charge in [0.2, 0.25) is 0 Å². The Morgan fingerprint density at radius 2 is 2.00 bits per heavy atom. The van der Waals surface area contributed by atoms with Gasteiger partial charge in [0.05, 0.1) is 16.7 Å². The molecule has 0 unspecified atom stereocenters. The van der Waals surface area contributed by atoms with Crippen LogP contribution in [-0.4, -0.2) is 20.3 Å². The molecule has 4 aromatic rings. The SMILES string of the molecule is Cc1ccc2nc(Sc3ccc(N)c4nonc34)[nH]c2c1. The number of fused-ring (bicyclic) bond motifs is 2. The number of hydrogen-bond acceptors (Lipinski definition) is 6. The van der Waals surface area contributed by atoms with Crippen LogP contribution in [0, 0.1) is 6.92 Å². The lowest BCUT2D eigenvalue weighted by molar-refractivity contribution is 0.315. The minimum Gasteiger partial charge on any atom is -0.397 e. The average molecular weight is 297 g/mol. The number of benzene rings is 2. The first-order chi connectivity index (χ1) is 10.2. The van der Waals surface area contributed by atoms with Gasteiger partial charge >= 0.3 is 0 Å². The van der Waals surface area contributed by atoms with Crippen LogP contribution in [0.25, 0.3) is 22.1 Å². The number of H-pyrrole nitrogens is 1. The molecule has 2 heterocycles. The van der Waals surface area contributed by atoms with Gasteiger partial charge in [0.15, 0.2) is 16.2 Å². The monoisotopic (exact) mass is 297 g/mol. The van der Waals surface area contributed by atoms with Crippen LogP contribution >= 0.6 is 11.8 Å². The summed E-state index contributed by atoms with van der Waals surface area (Å²) in [5.74, 6) is 0. The van der Waals surface area contributed by atoms with Crippen LogP contribution in [0.3, 0.4) is 0 Å². The molecule has 104 valence electrons. The zero-order chi connectivity index (χ0) is 14.4. The molecule has 0 fully saturated rings. The standard InChI is InChI=1S/C14H11N5OS/c1-7-2-4-9-10(6-7)17-14(16-9)21-11-5-3-8(15)12-13(11)19-20-18-12/h2-6H,15H2,1H3,(H,16,17). The fraction of sp³-hybridized carbons (Fsp3) is 0.0714. The highest BCUT2D eigenvalue weighted by Gasteiger charge is 2.13. The lowest BCUT2D eigenvalue weighted by Gasteiger charge is -1.99. The number of rotatable bonds is 2. The van der Waals surface area contributed by atoms with E-state index in [1.54, 1.807) is 6.07 Å². The molecule has 0 aliphatic carbocycles. The largest absolute Gasteiger partial charge is 0.397 e. The number of nitrogens with zero attached hydrogens (tertiary/aromatic N) is 3. The molecular formula is C14H11N5OS. The van der Waals surface area contributed by atoms with Crippen LogP contribution in [0.4, 0.5) is 5.69 Å². The Labute approximate surface area is 123 Å². The summed E-state index contributed by atoms with van der Waals surface area (Å²) in [4.78, 5) is 8.76. The molecule has 4 rings (SSSR count). The van der Waals surface area contributed by atoms with Crippen molar-refractivity contribution in [3.63, 3.8) is 0 Å². The Balaban J connectivity index is 1.79. The molecule has 0 aliphatic heterocycles. The van der Waals surface area contributed by atoms with Crippen LogP contribution in [0.1, 0.15) is 5.56 Å². The zero-order valence-corrected chi connectivity index (χ0v) is 11.9. The maximum atomic E-state index is 5.85. The molecule has 6 nitrogen and oxygen atoms in total. The predicted molar refractivity (Wildman–Crippen MR) is 81.2 cm³/mol. The van der Waals surface area contributed by atoms with Crippen LogP contribution in [0.15, 0.2) is 45.0 Å². The van der Waals surface area contributed by atoms with E-state index in [4.69, 9.17) is 10.4 Å². The third kappa shape index (κ3) is 2.02. The normalized spacial score (nSPS) is 11.5. The smallest absolute Gasteiger partial charge is 0.171 e. The summed E-state index contributed by atoms with van der Waals surface area (Å²) in [5, 5.41) is 8.53. The second-order valence-corrected chi connectivity index (χ2v) is 5.81. The van der Waals surface area contributed by atoms with Gasteiger partial charge in [-0.1, -0.05) is 6.07 Å². The number of aromatic nitrogens is 4. The number of nitrogen functional groups attached to an aromatic ring is 1. The van der Waals surface area contributed by atoms with Crippen molar-refractivity contribution in [3.05, 3.63) is 35.9 Å². The molecule has 0 saturated carbocycles. The fourth-order valence-electron chi connectivity index (χ4n) is 2.20. The predicted octanol–water partition coefficient (Wildman–Crippen LogP) is 3.14. The molecule has 0 atom stereocenters. The van der Waals surface area contributed by atoms with Crippen LogP contribution in [0.2, 0.25) is 0 Å². The first kappa shape index (κ1) is 12.2. The Kier molecular flexibility index (Phi) is 2.61. The van der Waals surface area contributed by atoms with Crippen molar-refractivity contribution < 1.29 is 4.63 Å². The fourth-order valence-corrected chi connectivity index (χ4v) is 3.08. The van der Waals surface area contributed by atoms with Crippen molar-refractivity contribution in [2.24, 2.45) is 0 Å². The number of aromatic amines is 1. The summed E-state index contributed by atoms with van der Waals surface area (Å²) in [6.45, 7) is 2.05. The maximum absolute atomic E-state index is 5.85. The number of hydrogen-bond donors (Lipinski definition) is 2. The minimum absolute atomic E-state index is 0.552. The summed E-state index contributed by atoms with van der Waals surface area (Å²) in [5.41, 5.74) is 10.8. The van der Waals surface area contributed by atoms with Gasteiger partial charge in [0.1, 0.15) is 0 Å². The lowest BCUT2D eigenvalue weighted by atomic mass is 10.2. The van der Waals surface area contributed by atoms with Gasteiger partial charge in [-0.25, -0.2) is 9.61 Å². The van der Waals surface area contributed by atoms with Gasteiger partial charge < -0.3 is 10.7 Å². The molecule has 0 spiro atoms. The van der Waals surface area contributed by atoms with E-state index in [-0.39, 0.29) is 0 Å². The molecule has 0 radical (unpaired) electrons. The minimum atomic E-state index is 0.552. The summed E-state index contributed by atoms with van der Waals surface area (Å²) < 4.78 is 4.77. The quantitative estimate of drug-likeness (QED) is 0.552. The van der Waals surface area contributed by atoms with Crippen LogP contribution in [-0.2, 0) is 0 Å². The summed E-state index contributed by atoms with van der Waals surface area (Å²) in [6.07, 6.45) is 0. The number of nitrogens with one attached hydrogen (secondary N) is 1. The van der Waals surface area contributed by atoms with Crippen LogP contribution in [0.5, 0.6) is 0 Å². The first-order valence-corrected chi connectivity index (χ1v) is 7.17. The van der Waals surface area contributed by atoms with Gasteiger partial charge in [-0.15, -0.1) is 0 Å². The summed E-state index contributed by atoms with van der Waals surface area (Å²) >= 11 is 1.48. The Bertz CT molecular complexity index is 958. The van der Waals surface area contributed by atoms with Crippen molar-refractivity contribution in [2.45, 2.75) is 17.0 Å². The van der Waals surface area contributed by atoms with E-state index >= 15 is 0 Å². The highest BCUT2D eigenvalue weighted by atomic mass is 32.2. The Morgan fingerprint density at radius 3 is 2.90 bits per heavy atom. The Morgan fingerprint density at radius 1 is 1.14 bits per heavy atom. The molecular weight excluding hydrogens is 286 g/mol. The lowest BCUT2D eigenvalue weighted by Crippen LogP contribution is -1.87. The highest BCUT2D eigenvalue weighted by molar-refractivity contribution is 7.99. The van der Waals surface area contributed by atoms with E-state index in [0.717, 1.165) is 21.1 Å². The molecule has 21 heavy (non-hydrogen) atoms. The van der Waals surface area contributed by atoms with Gasteiger partial charge in [-0.3, -0.25) is 0 Å². The number of imidazole rings is 1. The number of nitrogens with two attached hydrogens (primary N) is 1. The van der Waals surface area contributed by atoms with Gasteiger partial charge in [-0.2, -0.15) is 0 Å². The average Bonchev–Trinajstić information content (AvgIpc) is 3.08. The summed E-state index contributed by atoms with van der Waals surface area (Å²) in [6, 6.07) is 9.80. The van der Waals surface area contributed by atoms with Gasteiger partial charge in [0.25, 0.3) is 0 Å². The van der Waals surface area contributed by atoms with E-state index in [1.165, 1.54) is 17.3 Å². The third-order valence-electron chi connectivity index (χ3n) is 3.23. The highest BCUT2D eigenvalue weighted by Crippen LogP contribution is 2.33. The van der Waals surface area contributed by atoms with E-state index in [0.29, 0.717) is 16.7 Å². The number of anilines is 1. The number of aryl methyl sites for hydroxylation is 1. The third-order valence-corrected chi connectivity index (χ3v) is 4.17. The van der Waals surface area contributed by atoms with Gasteiger partial charge in [0, 0.05) is 4.90 Å². The van der Waals surface area contributed by atoms with E-state index in [2.05, 4.69) is 33.3 Å². The molecule has 0 aliphatic rings. The maximum Gasteiger partial charge on any atom is 0.171 e. The molecule has 2 aromatic heterocycles. The molecule has 0 amide bonds. The van der Waals surface area contributed by atoms with Crippen molar-refractivity contribution in [1.82, 2.24) is 20.3 Å². The topological polar surface area (TPSA) is 93.6 Å². The molecule has 3 N–H and O–H groups in total. The first-order valence-electron chi connectivity index (χ1n) is 6.36. The molecule has 0 bridgehead atoms. The zero-order valence-electron chi connectivity index (χ0n) is 11.1. The van der Waals surface area contributed by atoms with Crippen molar-refractivity contribution >= 4 is 39.5 Å². The Hall–Kier alpha value is -2.54. The van der Waals surface area contributed by atoms with Crippen LogP contribution < -0.4 is 5.73 Å².